The molecule has 0 amide bonds. The van der Waals surface area contributed by atoms with Gasteiger partial charge in [0.25, 0.3) is 0 Å². The molecule has 0 aliphatic heterocycles. The van der Waals surface area contributed by atoms with Crippen molar-refractivity contribution in [2.75, 3.05) is 0 Å². The normalized spacial score (nSPS) is 10.3. The van der Waals surface area contributed by atoms with Gasteiger partial charge in [-0.15, -0.1) is 10.2 Å². The lowest BCUT2D eigenvalue weighted by atomic mass is 10.2. The number of carbonyl (C=O) groups is 1. The van der Waals surface area contributed by atoms with Crippen LogP contribution in [0.2, 0.25) is 0 Å². The Bertz CT molecular complexity index is 583. The lowest BCUT2D eigenvalue weighted by Gasteiger charge is -2.09. The van der Waals surface area contributed by atoms with Gasteiger partial charge in [0.1, 0.15) is 18.5 Å². The average Bonchev–Trinajstić information content (AvgIpc) is 2.73. The van der Waals surface area contributed by atoms with E-state index in [1.807, 2.05) is 0 Å². The molecule has 1 aromatic heterocycles. The minimum atomic E-state index is -1.25. The van der Waals surface area contributed by atoms with Crippen molar-refractivity contribution in [3.8, 4) is 5.75 Å². The van der Waals surface area contributed by atoms with Crippen LogP contribution in [-0.2, 0) is 13.7 Å². The van der Waals surface area contributed by atoms with Gasteiger partial charge in [0, 0.05) is 7.05 Å². The van der Waals surface area contributed by atoms with Crippen molar-refractivity contribution in [2.24, 2.45) is 7.05 Å². The zero-order valence-corrected chi connectivity index (χ0v) is 9.50. The first-order valence-electron chi connectivity index (χ1n) is 5.07. The van der Waals surface area contributed by atoms with Crippen LogP contribution in [-0.4, -0.2) is 25.8 Å². The van der Waals surface area contributed by atoms with E-state index in [0.717, 1.165) is 6.07 Å². The fraction of sp³-hybridized carbons (Fsp3) is 0.182. The van der Waals surface area contributed by atoms with Gasteiger partial charge in [0.2, 0.25) is 0 Å². The van der Waals surface area contributed by atoms with E-state index >= 15 is 0 Å². The SMILES string of the molecule is Cn1cnnc1COc1c(F)cccc1C(=O)O. The third-order valence-corrected chi connectivity index (χ3v) is 2.35. The number of ether oxygens (including phenoxy) is 1. The Morgan fingerprint density at radius 3 is 2.94 bits per heavy atom. The molecule has 0 saturated heterocycles. The number of para-hydroxylation sites is 1. The van der Waals surface area contributed by atoms with E-state index in [4.69, 9.17) is 9.84 Å². The molecule has 2 aromatic rings. The molecule has 0 unspecified atom stereocenters. The van der Waals surface area contributed by atoms with Crippen LogP contribution in [0.5, 0.6) is 5.75 Å². The molecule has 2 rings (SSSR count). The van der Waals surface area contributed by atoms with Crippen LogP contribution in [0, 0.1) is 5.82 Å². The number of aryl methyl sites for hydroxylation is 1. The summed E-state index contributed by atoms with van der Waals surface area (Å²) in [5.74, 6) is -1.80. The second-order valence-corrected chi connectivity index (χ2v) is 3.57. The van der Waals surface area contributed by atoms with E-state index in [0.29, 0.717) is 5.82 Å². The van der Waals surface area contributed by atoms with Crippen molar-refractivity contribution in [3.63, 3.8) is 0 Å². The van der Waals surface area contributed by atoms with Crippen LogP contribution in [0.4, 0.5) is 4.39 Å². The quantitative estimate of drug-likeness (QED) is 0.884. The largest absolute Gasteiger partial charge is 0.482 e. The van der Waals surface area contributed by atoms with Gasteiger partial charge in [-0.1, -0.05) is 6.07 Å². The van der Waals surface area contributed by atoms with E-state index in [-0.39, 0.29) is 17.9 Å². The van der Waals surface area contributed by atoms with Crippen LogP contribution in [0.1, 0.15) is 16.2 Å². The average molecular weight is 251 g/mol. The number of aromatic carboxylic acids is 1. The predicted octanol–water partition coefficient (Wildman–Crippen LogP) is 1.23. The second kappa shape index (κ2) is 4.82. The summed E-state index contributed by atoms with van der Waals surface area (Å²) in [7, 11) is 1.71. The minimum Gasteiger partial charge on any atom is -0.482 e. The van der Waals surface area contributed by atoms with Gasteiger partial charge in [-0.05, 0) is 12.1 Å². The zero-order valence-electron chi connectivity index (χ0n) is 9.50. The maximum absolute atomic E-state index is 13.5. The van der Waals surface area contributed by atoms with Crippen LogP contribution < -0.4 is 4.74 Å². The highest BCUT2D eigenvalue weighted by molar-refractivity contribution is 5.90. The monoisotopic (exact) mass is 251 g/mol. The Labute approximate surface area is 102 Å². The van der Waals surface area contributed by atoms with Gasteiger partial charge < -0.3 is 14.4 Å². The zero-order chi connectivity index (χ0) is 13.1. The Morgan fingerprint density at radius 1 is 1.56 bits per heavy atom. The lowest BCUT2D eigenvalue weighted by Crippen LogP contribution is -2.08. The summed E-state index contributed by atoms with van der Waals surface area (Å²) >= 11 is 0. The molecule has 0 aliphatic rings. The van der Waals surface area contributed by atoms with Crippen molar-refractivity contribution in [2.45, 2.75) is 6.61 Å². The topological polar surface area (TPSA) is 77.2 Å². The summed E-state index contributed by atoms with van der Waals surface area (Å²) in [4.78, 5) is 10.9. The molecular weight excluding hydrogens is 241 g/mol. The predicted molar refractivity (Wildman–Crippen MR) is 58.7 cm³/mol. The summed E-state index contributed by atoms with van der Waals surface area (Å²) in [5.41, 5.74) is -0.225. The highest BCUT2D eigenvalue weighted by atomic mass is 19.1. The van der Waals surface area contributed by atoms with Gasteiger partial charge in [0.15, 0.2) is 17.4 Å². The molecule has 1 aromatic carbocycles. The maximum Gasteiger partial charge on any atom is 0.339 e. The number of hydrogen-bond acceptors (Lipinski definition) is 4. The van der Waals surface area contributed by atoms with Gasteiger partial charge in [-0.25, -0.2) is 9.18 Å². The Balaban J connectivity index is 2.24. The Morgan fingerprint density at radius 2 is 2.33 bits per heavy atom. The highest BCUT2D eigenvalue weighted by Crippen LogP contribution is 2.23. The van der Waals surface area contributed by atoms with Crippen molar-refractivity contribution < 1.29 is 19.0 Å². The number of carboxylic acid groups (broad SMARTS) is 1. The smallest absolute Gasteiger partial charge is 0.339 e. The molecule has 18 heavy (non-hydrogen) atoms. The number of aromatic nitrogens is 3. The van der Waals surface area contributed by atoms with Gasteiger partial charge in [-0.3, -0.25) is 0 Å². The molecule has 0 bridgehead atoms. The first kappa shape index (κ1) is 12.0. The third-order valence-electron chi connectivity index (χ3n) is 2.35. The Hall–Kier alpha value is -2.44. The molecule has 0 aliphatic carbocycles. The van der Waals surface area contributed by atoms with E-state index in [9.17, 15) is 9.18 Å². The number of nitrogens with zero attached hydrogens (tertiary/aromatic N) is 3. The summed E-state index contributed by atoms with van der Waals surface area (Å²) < 4.78 is 20.3. The summed E-state index contributed by atoms with van der Waals surface area (Å²) in [6.45, 7) is -0.0578. The summed E-state index contributed by atoms with van der Waals surface area (Å²) in [6, 6.07) is 3.73. The first-order chi connectivity index (χ1) is 8.59. The molecule has 0 atom stereocenters. The lowest BCUT2D eigenvalue weighted by molar-refractivity contribution is 0.0690. The van der Waals surface area contributed by atoms with Gasteiger partial charge >= 0.3 is 5.97 Å². The van der Waals surface area contributed by atoms with Crippen molar-refractivity contribution in [1.29, 1.82) is 0 Å². The molecule has 0 radical (unpaired) electrons. The van der Waals surface area contributed by atoms with Crippen molar-refractivity contribution in [3.05, 3.63) is 41.7 Å². The van der Waals surface area contributed by atoms with E-state index < -0.39 is 11.8 Å². The molecule has 1 heterocycles. The molecule has 0 saturated carbocycles. The molecule has 1 N–H and O–H groups in total. The van der Waals surface area contributed by atoms with Crippen molar-refractivity contribution >= 4 is 5.97 Å². The maximum atomic E-state index is 13.5. The summed E-state index contributed by atoms with van der Waals surface area (Å²) in [5, 5.41) is 16.3. The summed E-state index contributed by atoms with van der Waals surface area (Å²) in [6.07, 6.45) is 1.47. The standard InChI is InChI=1S/C11H10FN3O3/c1-15-6-13-14-9(15)5-18-10-7(11(16)17)3-2-4-8(10)12/h2-4,6H,5H2,1H3,(H,16,17). The fourth-order valence-electron chi connectivity index (χ4n) is 1.40. The molecule has 94 valence electrons. The van der Waals surface area contributed by atoms with Gasteiger partial charge in [-0.2, -0.15) is 0 Å². The van der Waals surface area contributed by atoms with Crippen LogP contribution in [0.15, 0.2) is 24.5 Å². The highest BCUT2D eigenvalue weighted by Gasteiger charge is 2.16. The van der Waals surface area contributed by atoms with E-state index in [1.165, 1.54) is 18.5 Å². The van der Waals surface area contributed by atoms with Crippen molar-refractivity contribution in [1.82, 2.24) is 14.8 Å². The molecule has 7 heteroatoms. The number of carboxylic acids is 1. The first-order valence-corrected chi connectivity index (χ1v) is 5.07. The van der Waals surface area contributed by atoms with Crippen LogP contribution in [0.3, 0.4) is 0 Å². The number of hydrogen-bond donors (Lipinski definition) is 1. The number of rotatable bonds is 4. The molecule has 6 nitrogen and oxygen atoms in total. The molecule has 0 spiro atoms. The third kappa shape index (κ3) is 2.29. The second-order valence-electron chi connectivity index (χ2n) is 3.57. The van der Waals surface area contributed by atoms with Crippen LogP contribution in [0.25, 0.3) is 0 Å². The van der Waals surface area contributed by atoms with Crippen LogP contribution >= 0.6 is 0 Å². The molecular formula is C11H10FN3O3. The van der Waals surface area contributed by atoms with E-state index in [1.54, 1.807) is 11.6 Å². The molecule has 0 fully saturated rings. The number of halogens is 1. The van der Waals surface area contributed by atoms with Gasteiger partial charge in [0.05, 0.1) is 0 Å². The van der Waals surface area contributed by atoms with E-state index in [2.05, 4.69) is 10.2 Å². The fourth-order valence-corrected chi connectivity index (χ4v) is 1.40. The minimum absolute atomic E-state index is 0.0578. The Kier molecular flexibility index (Phi) is 3.22. The number of benzene rings is 1.